The van der Waals surface area contributed by atoms with Crippen LogP contribution >= 0.6 is 22.9 Å². The number of carbonyl (C=O) groups excluding carboxylic acids is 1. The predicted molar refractivity (Wildman–Crippen MR) is 117 cm³/mol. The number of unbranched alkanes of at least 4 members (excludes halogenated alkanes) is 2. The monoisotopic (exact) mass is 430 g/mol. The minimum Gasteiger partial charge on any atom is -0.493 e. The molecule has 152 valence electrons. The molecule has 2 heterocycles. The number of rotatable bonds is 10. The van der Waals surface area contributed by atoms with E-state index in [0.29, 0.717) is 33.7 Å². The SMILES string of the molecule is CCCCCOc1cccc(Cl)c1COc1ccsc1C(=O)Nc1cccnc1. The van der Waals surface area contributed by atoms with Crippen LogP contribution in [0, 0.1) is 0 Å². The number of carbonyl (C=O) groups is 1. The highest BCUT2D eigenvalue weighted by Crippen LogP contribution is 2.31. The summed E-state index contributed by atoms with van der Waals surface area (Å²) in [6, 6.07) is 10.9. The van der Waals surface area contributed by atoms with E-state index in [4.69, 9.17) is 21.1 Å². The van der Waals surface area contributed by atoms with Crippen molar-refractivity contribution in [1.82, 2.24) is 4.98 Å². The van der Waals surface area contributed by atoms with Gasteiger partial charge in [0.25, 0.3) is 5.91 Å². The first-order valence-corrected chi connectivity index (χ1v) is 10.8. The maximum Gasteiger partial charge on any atom is 0.269 e. The fraction of sp³-hybridized carbons (Fsp3) is 0.273. The Morgan fingerprint density at radius 2 is 2.03 bits per heavy atom. The van der Waals surface area contributed by atoms with Crippen molar-refractivity contribution in [1.29, 1.82) is 0 Å². The first-order chi connectivity index (χ1) is 14.2. The van der Waals surface area contributed by atoms with Gasteiger partial charge in [0.2, 0.25) is 0 Å². The van der Waals surface area contributed by atoms with Gasteiger partial charge in [0.1, 0.15) is 23.0 Å². The van der Waals surface area contributed by atoms with Gasteiger partial charge in [0, 0.05) is 11.8 Å². The number of hydrogen-bond donors (Lipinski definition) is 1. The molecule has 0 radical (unpaired) electrons. The lowest BCUT2D eigenvalue weighted by atomic mass is 10.2. The lowest BCUT2D eigenvalue weighted by Crippen LogP contribution is -2.12. The van der Waals surface area contributed by atoms with Gasteiger partial charge in [0.15, 0.2) is 0 Å². The van der Waals surface area contributed by atoms with E-state index < -0.39 is 0 Å². The summed E-state index contributed by atoms with van der Waals surface area (Å²) in [5.74, 6) is 0.983. The molecule has 1 amide bonds. The lowest BCUT2D eigenvalue weighted by molar-refractivity contribution is 0.102. The second kappa shape index (κ2) is 10.8. The number of pyridine rings is 1. The van der Waals surface area contributed by atoms with Gasteiger partial charge in [-0.25, -0.2) is 0 Å². The Kier molecular flexibility index (Phi) is 7.90. The Bertz CT molecular complexity index is 931. The van der Waals surface area contributed by atoms with E-state index in [1.165, 1.54) is 11.3 Å². The average molecular weight is 431 g/mol. The van der Waals surface area contributed by atoms with Crippen molar-refractivity contribution in [3.63, 3.8) is 0 Å². The van der Waals surface area contributed by atoms with Crippen LogP contribution in [0.3, 0.4) is 0 Å². The van der Waals surface area contributed by atoms with Gasteiger partial charge in [-0.1, -0.05) is 37.4 Å². The molecule has 0 unspecified atom stereocenters. The molecular formula is C22H23ClN2O3S. The fourth-order valence-corrected chi connectivity index (χ4v) is 3.65. The highest BCUT2D eigenvalue weighted by atomic mass is 35.5. The summed E-state index contributed by atoms with van der Waals surface area (Å²) in [5.41, 5.74) is 1.40. The second-order valence-electron chi connectivity index (χ2n) is 6.37. The van der Waals surface area contributed by atoms with Gasteiger partial charge in [-0.15, -0.1) is 11.3 Å². The number of aromatic nitrogens is 1. The standard InChI is InChI=1S/C22H23ClN2O3S/c1-2-3-4-12-27-19-9-5-8-18(23)17(19)15-28-20-10-13-29-21(20)22(26)25-16-7-6-11-24-14-16/h5-11,13-14H,2-4,12,15H2,1H3,(H,25,26). The molecule has 0 saturated carbocycles. The van der Waals surface area contributed by atoms with Crippen LogP contribution in [0.25, 0.3) is 0 Å². The number of amides is 1. The fourth-order valence-electron chi connectivity index (χ4n) is 2.70. The molecule has 2 aromatic heterocycles. The summed E-state index contributed by atoms with van der Waals surface area (Å²) < 4.78 is 11.8. The Morgan fingerprint density at radius 3 is 2.83 bits per heavy atom. The molecule has 0 atom stereocenters. The van der Waals surface area contributed by atoms with E-state index in [2.05, 4.69) is 17.2 Å². The number of nitrogens with one attached hydrogen (secondary N) is 1. The molecule has 0 aliphatic carbocycles. The van der Waals surface area contributed by atoms with E-state index in [1.807, 2.05) is 23.6 Å². The van der Waals surface area contributed by atoms with Gasteiger partial charge in [-0.3, -0.25) is 9.78 Å². The molecule has 1 aromatic carbocycles. The van der Waals surface area contributed by atoms with E-state index >= 15 is 0 Å². The lowest BCUT2D eigenvalue weighted by Gasteiger charge is -2.14. The first kappa shape index (κ1) is 21.1. The summed E-state index contributed by atoms with van der Waals surface area (Å²) in [6.45, 7) is 3.01. The third kappa shape index (κ3) is 5.95. The average Bonchev–Trinajstić information content (AvgIpc) is 3.20. The van der Waals surface area contributed by atoms with Crippen LogP contribution in [0.4, 0.5) is 5.69 Å². The number of hydrogen-bond acceptors (Lipinski definition) is 5. The normalized spacial score (nSPS) is 10.6. The van der Waals surface area contributed by atoms with E-state index in [1.54, 1.807) is 30.6 Å². The first-order valence-electron chi connectivity index (χ1n) is 9.51. The van der Waals surface area contributed by atoms with Crippen molar-refractivity contribution >= 4 is 34.5 Å². The Labute approximate surface area is 179 Å². The Morgan fingerprint density at radius 1 is 1.14 bits per heavy atom. The molecule has 0 bridgehead atoms. The minimum absolute atomic E-state index is 0.215. The number of thiophene rings is 1. The van der Waals surface area contributed by atoms with Gasteiger partial charge in [-0.2, -0.15) is 0 Å². The molecular weight excluding hydrogens is 408 g/mol. The number of ether oxygens (including phenoxy) is 2. The van der Waals surface area contributed by atoms with E-state index in [9.17, 15) is 4.79 Å². The summed E-state index contributed by atoms with van der Waals surface area (Å²) in [7, 11) is 0. The smallest absolute Gasteiger partial charge is 0.269 e. The second-order valence-corrected chi connectivity index (χ2v) is 7.69. The van der Waals surface area contributed by atoms with Crippen molar-refractivity contribution in [3.8, 4) is 11.5 Å². The topological polar surface area (TPSA) is 60.5 Å². The quantitative estimate of drug-likeness (QED) is 0.389. The zero-order valence-electron chi connectivity index (χ0n) is 16.2. The summed E-state index contributed by atoms with van der Waals surface area (Å²) in [4.78, 5) is 17.1. The molecule has 3 aromatic rings. The number of benzene rings is 1. The van der Waals surface area contributed by atoms with Crippen molar-refractivity contribution in [2.75, 3.05) is 11.9 Å². The van der Waals surface area contributed by atoms with Crippen molar-refractivity contribution in [2.45, 2.75) is 32.8 Å². The third-order valence-electron chi connectivity index (χ3n) is 4.21. The largest absolute Gasteiger partial charge is 0.493 e. The molecule has 0 aliphatic rings. The third-order valence-corrected chi connectivity index (χ3v) is 5.46. The highest BCUT2D eigenvalue weighted by molar-refractivity contribution is 7.12. The highest BCUT2D eigenvalue weighted by Gasteiger charge is 2.17. The van der Waals surface area contributed by atoms with Crippen LogP contribution in [0.15, 0.2) is 54.2 Å². The molecule has 1 N–H and O–H groups in total. The molecule has 0 aliphatic heterocycles. The van der Waals surface area contributed by atoms with Crippen LogP contribution in [0.1, 0.15) is 41.4 Å². The maximum absolute atomic E-state index is 12.6. The summed E-state index contributed by atoms with van der Waals surface area (Å²) in [6.07, 6.45) is 6.50. The molecule has 0 fully saturated rings. The van der Waals surface area contributed by atoms with Gasteiger partial charge >= 0.3 is 0 Å². The Balaban J connectivity index is 1.67. The molecule has 0 saturated heterocycles. The van der Waals surface area contributed by atoms with E-state index in [-0.39, 0.29) is 12.5 Å². The van der Waals surface area contributed by atoms with Crippen LogP contribution in [0.2, 0.25) is 5.02 Å². The number of halogens is 1. The zero-order valence-corrected chi connectivity index (χ0v) is 17.8. The Hall–Kier alpha value is -2.57. The van der Waals surface area contributed by atoms with Gasteiger partial charge < -0.3 is 14.8 Å². The number of nitrogens with zero attached hydrogens (tertiary/aromatic N) is 1. The molecule has 3 rings (SSSR count). The zero-order chi connectivity index (χ0) is 20.5. The van der Waals surface area contributed by atoms with Crippen LogP contribution in [-0.2, 0) is 6.61 Å². The van der Waals surface area contributed by atoms with Crippen LogP contribution in [0.5, 0.6) is 11.5 Å². The molecule has 0 spiro atoms. The van der Waals surface area contributed by atoms with Crippen molar-refractivity contribution in [2.24, 2.45) is 0 Å². The summed E-state index contributed by atoms with van der Waals surface area (Å²) in [5, 5.41) is 5.22. The summed E-state index contributed by atoms with van der Waals surface area (Å²) >= 11 is 7.69. The van der Waals surface area contributed by atoms with Gasteiger partial charge in [0.05, 0.1) is 23.5 Å². The number of anilines is 1. The molecule has 5 nitrogen and oxygen atoms in total. The maximum atomic E-state index is 12.6. The van der Waals surface area contributed by atoms with Gasteiger partial charge in [-0.05, 0) is 42.1 Å². The van der Waals surface area contributed by atoms with Crippen molar-refractivity contribution < 1.29 is 14.3 Å². The van der Waals surface area contributed by atoms with Crippen LogP contribution in [-0.4, -0.2) is 17.5 Å². The van der Waals surface area contributed by atoms with Crippen LogP contribution < -0.4 is 14.8 Å². The minimum atomic E-state index is -0.238. The molecule has 7 heteroatoms. The predicted octanol–water partition coefficient (Wildman–Crippen LogP) is 6.20. The molecule has 29 heavy (non-hydrogen) atoms. The van der Waals surface area contributed by atoms with Crippen molar-refractivity contribution in [3.05, 3.63) is 69.6 Å². The van der Waals surface area contributed by atoms with E-state index in [0.717, 1.165) is 24.8 Å².